The van der Waals surface area contributed by atoms with Crippen LogP contribution in [0, 0.1) is 6.92 Å². The quantitative estimate of drug-likeness (QED) is 0.783. The Balaban J connectivity index is 2.11. The Kier molecular flexibility index (Phi) is 2.63. The Bertz CT molecular complexity index is 323. The van der Waals surface area contributed by atoms with Gasteiger partial charge in [0, 0.05) is 12.2 Å². The molecule has 1 aliphatic carbocycles. The molecule has 4 heteroatoms. The first-order valence-electron chi connectivity index (χ1n) is 4.99. The largest absolute Gasteiger partial charge is 0.460 e. The lowest BCUT2D eigenvalue weighted by molar-refractivity contribution is 0.108. The van der Waals surface area contributed by atoms with Crippen molar-refractivity contribution in [3.8, 4) is 6.01 Å². The molecular formula is C10H15N3O. The normalized spacial score (nSPS) is 16.4. The van der Waals surface area contributed by atoms with Crippen LogP contribution in [0.2, 0.25) is 0 Å². The highest BCUT2D eigenvalue weighted by Crippen LogP contribution is 2.23. The van der Waals surface area contributed by atoms with Gasteiger partial charge in [0.25, 0.3) is 0 Å². The van der Waals surface area contributed by atoms with Crippen molar-refractivity contribution in [2.24, 2.45) is 5.73 Å². The van der Waals surface area contributed by atoms with Gasteiger partial charge < -0.3 is 10.5 Å². The number of aryl methyl sites for hydroxylation is 1. The van der Waals surface area contributed by atoms with Gasteiger partial charge in [-0.05, 0) is 32.3 Å². The lowest BCUT2D eigenvalue weighted by Gasteiger charge is -2.25. The first kappa shape index (κ1) is 9.40. The molecule has 76 valence electrons. The molecule has 0 spiro atoms. The third kappa shape index (κ3) is 2.01. The second-order valence-corrected chi connectivity index (χ2v) is 3.66. The molecular weight excluding hydrogens is 178 g/mol. The first-order valence-corrected chi connectivity index (χ1v) is 4.99. The summed E-state index contributed by atoms with van der Waals surface area (Å²) in [6.45, 7) is 2.36. The van der Waals surface area contributed by atoms with Gasteiger partial charge >= 0.3 is 6.01 Å². The first-order chi connectivity index (χ1) is 6.78. The Hall–Kier alpha value is -1.16. The van der Waals surface area contributed by atoms with Gasteiger partial charge in [-0.3, -0.25) is 0 Å². The minimum atomic E-state index is 0.322. The molecule has 2 rings (SSSR count). The number of rotatable bonds is 3. The lowest BCUT2D eigenvalue weighted by atomic mass is 9.96. The van der Waals surface area contributed by atoms with E-state index in [4.69, 9.17) is 10.5 Å². The van der Waals surface area contributed by atoms with Crippen LogP contribution in [0.4, 0.5) is 0 Å². The zero-order chi connectivity index (χ0) is 9.97. The summed E-state index contributed by atoms with van der Waals surface area (Å²) < 4.78 is 5.60. The fourth-order valence-electron chi connectivity index (χ4n) is 1.40. The van der Waals surface area contributed by atoms with E-state index < -0.39 is 0 Å². The third-order valence-corrected chi connectivity index (χ3v) is 2.42. The summed E-state index contributed by atoms with van der Waals surface area (Å²) in [4.78, 5) is 8.43. The van der Waals surface area contributed by atoms with Crippen molar-refractivity contribution < 1.29 is 4.74 Å². The van der Waals surface area contributed by atoms with Crippen molar-refractivity contribution in [3.63, 3.8) is 0 Å². The predicted octanol–water partition coefficient (Wildman–Crippen LogP) is 1.18. The summed E-state index contributed by atoms with van der Waals surface area (Å²) in [5.74, 6) is 0. The van der Waals surface area contributed by atoms with Crippen molar-refractivity contribution in [2.75, 3.05) is 0 Å². The van der Waals surface area contributed by atoms with Gasteiger partial charge in [0.2, 0.25) is 0 Å². The zero-order valence-corrected chi connectivity index (χ0v) is 8.36. The van der Waals surface area contributed by atoms with Gasteiger partial charge in [-0.25, -0.2) is 4.98 Å². The average molecular weight is 193 g/mol. The van der Waals surface area contributed by atoms with Crippen LogP contribution in [0.5, 0.6) is 6.01 Å². The topological polar surface area (TPSA) is 61.0 Å². The summed E-state index contributed by atoms with van der Waals surface area (Å²) in [6, 6.07) is 2.36. The van der Waals surface area contributed by atoms with Gasteiger partial charge in [0.05, 0.1) is 5.69 Å². The van der Waals surface area contributed by atoms with Crippen molar-refractivity contribution in [1.29, 1.82) is 0 Å². The fraction of sp³-hybridized carbons (Fsp3) is 0.600. The van der Waals surface area contributed by atoms with Crippen LogP contribution in [-0.4, -0.2) is 16.1 Å². The highest BCUT2D eigenvalue weighted by molar-refractivity contribution is 5.12. The minimum Gasteiger partial charge on any atom is -0.460 e. The van der Waals surface area contributed by atoms with Crippen molar-refractivity contribution >= 4 is 0 Å². The Morgan fingerprint density at radius 2 is 2.29 bits per heavy atom. The Morgan fingerprint density at radius 1 is 1.50 bits per heavy atom. The van der Waals surface area contributed by atoms with E-state index in [9.17, 15) is 0 Å². The molecule has 1 aromatic heterocycles. The van der Waals surface area contributed by atoms with Crippen LogP contribution in [0.15, 0.2) is 6.07 Å². The molecule has 14 heavy (non-hydrogen) atoms. The van der Waals surface area contributed by atoms with E-state index >= 15 is 0 Å². The van der Waals surface area contributed by atoms with Gasteiger partial charge in [-0.2, -0.15) is 4.98 Å². The Labute approximate surface area is 83.5 Å². The van der Waals surface area contributed by atoms with Crippen molar-refractivity contribution in [3.05, 3.63) is 17.5 Å². The number of ether oxygens (including phenoxy) is 1. The smallest absolute Gasteiger partial charge is 0.317 e. The number of aromatic nitrogens is 2. The SMILES string of the molecule is Cc1cc(CN)nc(OC2CCC2)n1. The van der Waals surface area contributed by atoms with E-state index in [2.05, 4.69) is 9.97 Å². The Morgan fingerprint density at radius 3 is 2.86 bits per heavy atom. The highest BCUT2D eigenvalue weighted by Gasteiger charge is 2.20. The van der Waals surface area contributed by atoms with E-state index in [0.717, 1.165) is 24.2 Å². The number of nitrogens with two attached hydrogens (primary N) is 1. The van der Waals surface area contributed by atoms with Crippen LogP contribution in [-0.2, 0) is 6.54 Å². The molecule has 4 nitrogen and oxygen atoms in total. The van der Waals surface area contributed by atoms with Crippen LogP contribution in [0.1, 0.15) is 30.7 Å². The summed E-state index contributed by atoms with van der Waals surface area (Å²) in [6.07, 6.45) is 3.81. The lowest BCUT2D eigenvalue weighted by Crippen LogP contribution is -2.25. The fourth-order valence-corrected chi connectivity index (χ4v) is 1.40. The highest BCUT2D eigenvalue weighted by atomic mass is 16.5. The molecule has 0 aromatic carbocycles. The van der Waals surface area contributed by atoms with Gasteiger partial charge in [0.15, 0.2) is 0 Å². The maximum atomic E-state index is 5.60. The molecule has 1 aromatic rings. The molecule has 0 saturated heterocycles. The van der Waals surface area contributed by atoms with Crippen LogP contribution >= 0.6 is 0 Å². The second kappa shape index (κ2) is 3.92. The molecule has 1 fully saturated rings. The molecule has 0 aliphatic heterocycles. The summed E-state index contributed by atoms with van der Waals surface area (Å²) in [5, 5.41) is 0. The standard InChI is InChI=1S/C10H15N3O/c1-7-5-8(6-11)13-10(12-7)14-9-3-2-4-9/h5,9H,2-4,6,11H2,1H3. The molecule has 1 saturated carbocycles. The third-order valence-electron chi connectivity index (χ3n) is 2.42. The van der Waals surface area contributed by atoms with Crippen LogP contribution in [0.3, 0.4) is 0 Å². The van der Waals surface area contributed by atoms with Gasteiger partial charge in [0.1, 0.15) is 6.10 Å². The van der Waals surface area contributed by atoms with Crippen LogP contribution < -0.4 is 10.5 Å². The predicted molar refractivity (Wildman–Crippen MR) is 52.9 cm³/mol. The van der Waals surface area contributed by atoms with Crippen molar-refractivity contribution in [2.45, 2.75) is 38.8 Å². The van der Waals surface area contributed by atoms with E-state index in [1.165, 1.54) is 6.42 Å². The minimum absolute atomic E-state index is 0.322. The number of hydrogen-bond acceptors (Lipinski definition) is 4. The van der Waals surface area contributed by atoms with E-state index in [-0.39, 0.29) is 0 Å². The van der Waals surface area contributed by atoms with E-state index in [1.807, 2.05) is 13.0 Å². The van der Waals surface area contributed by atoms with Crippen LogP contribution in [0.25, 0.3) is 0 Å². The van der Waals surface area contributed by atoms with Crippen molar-refractivity contribution in [1.82, 2.24) is 9.97 Å². The number of hydrogen-bond donors (Lipinski definition) is 1. The molecule has 0 bridgehead atoms. The summed E-state index contributed by atoms with van der Waals surface area (Å²) in [5.41, 5.74) is 7.27. The molecule has 1 heterocycles. The maximum absolute atomic E-state index is 5.60. The second-order valence-electron chi connectivity index (χ2n) is 3.66. The maximum Gasteiger partial charge on any atom is 0.317 e. The molecule has 0 unspecified atom stereocenters. The van der Waals surface area contributed by atoms with E-state index in [0.29, 0.717) is 18.7 Å². The van der Waals surface area contributed by atoms with Gasteiger partial charge in [-0.15, -0.1) is 0 Å². The summed E-state index contributed by atoms with van der Waals surface area (Å²) >= 11 is 0. The zero-order valence-electron chi connectivity index (χ0n) is 8.36. The number of nitrogens with zero attached hydrogens (tertiary/aromatic N) is 2. The molecule has 0 atom stereocenters. The summed E-state index contributed by atoms with van der Waals surface area (Å²) in [7, 11) is 0. The van der Waals surface area contributed by atoms with E-state index in [1.54, 1.807) is 0 Å². The average Bonchev–Trinajstić information content (AvgIpc) is 2.10. The molecule has 0 radical (unpaired) electrons. The molecule has 2 N–H and O–H groups in total. The van der Waals surface area contributed by atoms with Gasteiger partial charge in [-0.1, -0.05) is 0 Å². The molecule has 1 aliphatic rings. The molecule has 0 amide bonds. The monoisotopic (exact) mass is 193 g/mol.